The topological polar surface area (TPSA) is 99.5 Å². The second-order valence-electron chi connectivity index (χ2n) is 15.2. The summed E-state index contributed by atoms with van der Waals surface area (Å²) in [4.78, 5) is 16.6. The summed E-state index contributed by atoms with van der Waals surface area (Å²) in [6.45, 7) is 7.34. The number of rotatable bonds is 4. The first-order valence-electron chi connectivity index (χ1n) is 16.3. The van der Waals surface area contributed by atoms with E-state index in [4.69, 9.17) is 9.47 Å². The van der Waals surface area contributed by atoms with Crippen molar-refractivity contribution in [2.75, 3.05) is 26.3 Å². The summed E-state index contributed by atoms with van der Waals surface area (Å²) in [6.07, 6.45) is 8.23. The molecule has 3 N–H and O–H groups in total. The minimum atomic E-state index is -1.09. The lowest BCUT2D eigenvalue weighted by atomic mass is 9.51. The zero-order valence-corrected chi connectivity index (χ0v) is 24.0. The van der Waals surface area contributed by atoms with Crippen molar-refractivity contribution in [3.8, 4) is 0 Å². The van der Waals surface area contributed by atoms with Crippen LogP contribution in [0.25, 0.3) is 0 Å². The van der Waals surface area contributed by atoms with Crippen LogP contribution in [0.1, 0.15) is 78.1 Å². The average Bonchev–Trinajstić information content (AvgIpc) is 3.44. The molecule has 0 aromatic rings. The zero-order valence-electron chi connectivity index (χ0n) is 24.0. The minimum absolute atomic E-state index is 0.0193. The van der Waals surface area contributed by atoms with Crippen LogP contribution in [0.5, 0.6) is 0 Å². The molecule has 4 saturated carbocycles. The van der Waals surface area contributed by atoms with E-state index in [1.807, 2.05) is 0 Å². The molecule has 39 heavy (non-hydrogen) atoms. The van der Waals surface area contributed by atoms with E-state index in [9.17, 15) is 20.1 Å². The predicted molar refractivity (Wildman–Crippen MR) is 146 cm³/mol. The van der Waals surface area contributed by atoms with Gasteiger partial charge in [0.15, 0.2) is 0 Å². The standard InChI is InChI=1S/C32H51NO6/c1-17-3-5-19-9-18-4-6-21-22(24(18)14-33(19)13-17)11-25-23(21)12-27(35)26-10-20(7-8-32(25,26)2)38-16-29-31(37)30(36)28(15-34)39-29/h17-26,28-31,34,36-37H,3-16H2,1-2H3/t17-,18?,19+,20?,21-,22-,23?,24?,25?,26?,28?,29?,30?,31?,32?/m1/s1. The van der Waals surface area contributed by atoms with Gasteiger partial charge in [0.05, 0.1) is 19.3 Å². The molecule has 3 aliphatic heterocycles. The van der Waals surface area contributed by atoms with Gasteiger partial charge in [-0.05, 0) is 105 Å². The van der Waals surface area contributed by atoms with E-state index in [-0.39, 0.29) is 30.7 Å². The van der Waals surface area contributed by atoms with Crippen LogP contribution in [0.4, 0.5) is 0 Å². The van der Waals surface area contributed by atoms with E-state index in [0.717, 1.165) is 61.3 Å². The lowest BCUT2D eigenvalue weighted by molar-refractivity contribution is -0.151. The molecular formula is C32H51NO6. The second kappa shape index (κ2) is 10.3. The highest BCUT2D eigenvalue weighted by atomic mass is 16.6. The van der Waals surface area contributed by atoms with Crippen LogP contribution in [-0.2, 0) is 14.3 Å². The number of carbonyl (C=O) groups excluding carboxylic acids is 1. The van der Waals surface area contributed by atoms with Crippen LogP contribution in [0, 0.1) is 52.8 Å². The van der Waals surface area contributed by atoms with Gasteiger partial charge < -0.3 is 24.8 Å². The van der Waals surface area contributed by atoms with Gasteiger partial charge in [-0.25, -0.2) is 0 Å². The number of hydrogen-bond donors (Lipinski definition) is 3. The molecule has 3 saturated heterocycles. The van der Waals surface area contributed by atoms with Gasteiger partial charge in [0.2, 0.25) is 0 Å². The summed E-state index contributed by atoms with van der Waals surface area (Å²) < 4.78 is 11.8. The number of hydrogen-bond acceptors (Lipinski definition) is 7. The van der Waals surface area contributed by atoms with Crippen molar-refractivity contribution in [3.05, 3.63) is 0 Å². The summed E-state index contributed by atoms with van der Waals surface area (Å²) in [7, 11) is 0. The van der Waals surface area contributed by atoms with Gasteiger partial charge in [-0.15, -0.1) is 0 Å². The number of carbonyl (C=O) groups is 1. The Morgan fingerprint density at radius 3 is 2.56 bits per heavy atom. The molecule has 0 aromatic carbocycles. The summed E-state index contributed by atoms with van der Waals surface area (Å²) in [5.74, 6) is 5.91. The molecular weight excluding hydrogens is 494 g/mol. The quantitative estimate of drug-likeness (QED) is 0.499. The fourth-order valence-electron chi connectivity index (χ4n) is 11.3. The summed E-state index contributed by atoms with van der Waals surface area (Å²) >= 11 is 0. The third-order valence-corrected chi connectivity index (χ3v) is 13.4. The maximum absolute atomic E-state index is 13.8. The zero-order chi connectivity index (χ0) is 27.1. The largest absolute Gasteiger partial charge is 0.394 e. The number of ether oxygens (including phenoxy) is 2. The highest BCUT2D eigenvalue weighted by Crippen LogP contribution is 2.66. The lowest BCUT2D eigenvalue weighted by Crippen LogP contribution is -2.54. The number of fused-ring (bicyclic) bond motifs is 8. The van der Waals surface area contributed by atoms with E-state index in [1.54, 1.807) is 0 Å². The summed E-state index contributed by atoms with van der Waals surface area (Å²) in [5.41, 5.74) is 0.0745. The van der Waals surface area contributed by atoms with Gasteiger partial charge in [-0.2, -0.15) is 0 Å². The molecule has 220 valence electrons. The first-order chi connectivity index (χ1) is 18.8. The first kappa shape index (κ1) is 27.3. The van der Waals surface area contributed by atoms with Crippen molar-refractivity contribution in [2.24, 2.45) is 52.8 Å². The van der Waals surface area contributed by atoms with E-state index in [2.05, 4.69) is 18.7 Å². The molecule has 11 unspecified atom stereocenters. The minimum Gasteiger partial charge on any atom is -0.394 e. The van der Waals surface area contributed by atoms with Gasteiger partial charge in [0.25, 0.3) is 0 Å². The Kier molecular flexibility index (Phi) is 7.21. The summed E-state index contributed by atoms with van der Waals surface area (Å²) in [6, 6.07) is 0.829. The van der Waals surface area contributed by atoms with Crippen molar-refractivity contribution in [2.45, 2.75) is 115 Å². The van der Waals surface area contributed by atoms with E-state index in [0.29, 0.717) is 17.6 Å². The van der Waals surface area contributed by atoms with Gasteiger partial charge in [-0.3, -0.25) is 9.69 Å². The highest BCUT2D eigenvalue weighted by Gasteiger charge is 2.62. The maximum Gasteiger partial charge on any atom is 0.136 e. The molecule has 0 bridgehead atoms. The van der Waals surface area contributed by atoms with Crippen LogP contribution in [0.15, 0.2) is 0 Å². The van der Waals surface area contributed by atoms with E-state index in [1.165, 1.54) is 51.6 Å². The lowest BCUT2D eigenvalue weighted by Gasteiger charge is -2.53. The van der Waals surface area contributed by atoms with Crippen molar-refractivity contribution in [1.82, 2.24) is 4.90 Å². The van der Waals surface area contributed by atoms with Crippen LogP contribution >= 0.6 is 0 Å². The Bertz CT molecular complexity index is 930. The normalized spacial score (nSPS) is 55.4. The fourth-order valence-corrected chi connectivity index (χ4v) is 11.3. The van der Waals surface area contributed by atoms with E-state index < -0.39 is 24.4 Å². The molecule has 0 radical (unpaired) electrons. The number of Topliss-reactive ketones (excluding diaryl/α,β-unsaturated/α-hetero) is 1. The average molecular weight is 546 g/mol. The molecule has 0 aromatic heterocycles. The Morgan fingerprint density at radius 2 is 1.77 bits per heavy atom. The molecule has 15 atom stereocenters. The van der Waals surface area contributed by atoms with Crippen molar-refractivity contribution in [1.29, 1.82) is 0 Å². The molecule has 7 fully saturated rings. The molecule has 0 spiro atoms. The third-order valence-electron chi connectivity index (χ3n) is 13.4. The molecule has 4 aliphatic carbocycles. The van der Waals surface area contributed by atoms with Crippen LogP contribution in [-0.4, -0.2) is 88.9 Å². The Balaban J connectivity index is 1.02. The van der Waals surface area contributed by atoms with Gasteiger partial charge >= 0.3 is 0 Å². The first-order valence-corrected chi connectivity index (χ1v) is 16.3. The number of ketones is 1. The van der Waals surface area contributed by atoms with Crippen molar-refractivity contribution >= 4 is 5.78 Å². The molecule has 7 heteroatoms. The summed E-state index contributed by atoms with van der Waals surface area (Å²) in [5, 5.41) is 29.7. The number of aliphatic hydroxyl groups excluding tert-OH is 3. The van der Waals surface area contributed by atoms with Gasteiger partial charge in [0.1, 0.15) is 30.2 Å². The Morgan fingerprint density at radius 1 is 0.949 bits per heavy atom. The van der Waals surface area contributed by atoms with Gasteiger partial charge in [-0.1, -0.05) is 13.8 Å². The Hall–Kier alpha value is -0.570. The number of piperidine rings is 2. The van der Waals surface area contributed by atoms with Crippen molar-refractivity contribution < 1.29 is 29.6 Å². The van der Waals surface area contributed by atoms with Crippen molar-refractivity contribution in [3.63, 3.8) is 0 Å². The van der Waals surface area contributed by atoms with Gasteiger partial charge in [0, 0.05) is 31.5 Å². The second-order valence-corrected chi connectivity index (χ2v) is 15.2. The fraction of sp³-hybridized carbons (Fsp3) is 0.969. The molecule has 0 amide bonds. The smallest absolute Gasteiger partial charge is 0.136 e. The predicted octanol–water partition coefficient (Wildman–Crippen LogP) is 3.03. The Labute approximate surface area is 234 Å². The molecule has 7 aliphatic rings. The molecule has 3 heterocycles. The van der Waals surface area contributed by atoms with Crippen LogP contribution in [0.2, 0.25) is 0 Å². The molecule has 7 rings (SSSR count). The third kappa shape index (κ3) is 4.48. The number of aliphatic hydroxyl groups is 3. The number of nitrogens with zero attached hydrogens (tertiary/aromatic N) is 1. The van der Waals surface area contributed by atoms with Crippen LogP contribution < -0.4 is 0 Å². The highest BCUT2D eigenvalue weighted by molar-refractivity contribution is 5.83. The van der Waals surface area contributed by atoms with E-state index >= 15 is 0 Å². The monoisotopic (exact) mass is 545 g/mol. The maximum atomic E-state index is 13.8. The SMILES string of the molecule is C[C@@H]1CC[C@H]2CC3CC[C@H]4C5CC(=O)C6CC(OCC7OC(CO)C(O)C7O)CCC6(C)C5C[C@H]4C3CN2C1. The molecule has 7 nitrogen and oxygen atoms in total. The van der Waals surface area contributed by atoms with Crippen LogP contribution in [0.3, 0.4) is 0 Å².